The Kier molecular flexibility index (Phi) is 5.94. The maximum absolute atomic E-state index is 13.2. The molecule has 0 saturated carbocycles. The van der Waals surface area contributed by atoms with Crippen molar-refractivity contribution < 1.29 is 17.9 Å². The first kappa shape index (κ1) is 21.5. The quantitative estimate of drug-likeness (QED) is 0.539. The van der Waals surface area contributed by atoms with E-state index in [0.717, 1.165) is 22.9 Å². The van der Waals surface area contributed by atoms with Crippen LogP contribution in [0.2, 0.25) is 5.15 Å². The standard InChI is InChI=1S/C23H24ClN3O4S/c24-23-18(14-17-4-1-2-5-20(17)25-23)16-26-8-10-27(11-9-26)32(28,29)19-6-7-21-22(15-19)31-13-3-12-30-21/h1-2,4-7,14-15H,3,8-13,16H2. The molecule has 0 aliphatic carbocycles. The van der Waals surface area contributed by atoms with E-state index in [9.17, 15) is 8.42 Å². The van der Waals surface area contributed by atoms with Gasteiger partial charge in [0.25, 0.3) is 0 Å². The Bertz CT molecular complexity index is 1240. The predicted molar refractivity (Wildman–Crippen MR) is 123 cm³/mol. The lowest BCUT2D eigenvalue weighted by atomic mass is 10.1. The number of para-hydroxylation sites is 1. The molecule has 3 heterocycles. The van der Waals surface area contributed by atoms with Gasteiger partial charge in [0, 0.05) is 56.2 Å². The fraction of sp³-hybridized carbons (Fsp3) is 0.348. The minimum atomic E-state index is -3.61. The van der Waals surface area contributed by atoms with Gasteiger partial charge in [-0.15, -0.1) is 0 Å². The van der Waals surface area contributed by atoms with Crippen molar-refractivity contribution in [2.45, 2.75) is 17.9 Å². The summed E-state index contributed by atoms with van der Waals surface area (Å²) in [7, 11) is -3.61. The third-order valence-corrected chi connectivity index (χ3v) is 8.05. The van der Waals surface area contributed by atoms with Crippen molar-refractivity contribution in [1.29, 1.82) is 0 Å². The number of ether oxygens (including phenoxy) is 2. The number of piperazine rings is 1. The number of benzene rings is 2. The summed E-state index contributed by atoms with van der Waals surface area (Å²) in [6, 6.07) is 14.8. The highest BCUT2D eigenvalue weighted by Gasteiger charge is 2.30. The van der Waals surface area contributed by atoms with Crippen molar-refractivity contribution >= 4 is 32.5 Å². The number of pyridine rings is 1. The van der Waals surface area contributed by atoms with Crippen LogP contribution in [0.15, 0.2) is 53.4 Å². The molecule has 0 bridgehead atoms. The molecule has 0 N–H and O–H groups in total. The molecule has 0 amide bonds. The van der Waals surface area contributed by atoms with E-state index in [-0.39, 0.29) is 4.90 Å². The van der Waals surface area contributed by atoms with Crippen LogP contribution >= 0.6 is 11.6 Å². The fourth-order valence-corrected chi connectivity index (χ4v) is 5.71. The first-order valence-electron chi connectivity index (χ1n) is 10.7. The van der Waals surface area contributed by atoms with Crippen molar-refractivity contribution in [2.75, 3.05) is 39.4 Å². The van der Waals surface area contributed by atoms with Crippen molar-refractivity contribution in [3.05, 3.63) is 59.2 Å². The van der Waals surface area contributed by atoms with Gasteiger partial charge in [-0.1, -0.05) is 29.8 Å². The molecule has 168 valence electrons. The maximum atomic E-state index is 13.2. The zero-order valence-corrected chi connectivity index (χ0v) is 19.1. The van der Waals surface area contributed by atoms with Crippen LogP contribution in [0.4, 0.5) is 0 Å². The molecule has 0 unspecified atom stereocenters. The van der Waals surface area contributed by atoms with Crippen LogP contribution in [-0.2, 0) is 16.6 Å². The van der Waals surface area contributed by atoms with E-state index in [2.05, 4.69) is 16.0 Å². The van der Waals surface area contributed by atoms with Gasteiger partial charge in [-0.3, -0.25) is 4.90 Å². The zero-order valence-electron chi connectivity index (χ0n) is 17.5. The second-order valence-electron chi connectivity index (χ2n) is 7.97. The molecule has 1 aromatic heterocycles. The SMILES string of the molecule is O=S(=O)(c1ccc2c(c1)OCCCO2)N1CCN(Cc2cc3ccccc3nc2Cl)CC1. The topological polar surface area (TPSA) is 72.0 Å². The lowest BCUT2D eigenvalue weighted by Crippen LogP contribution is -2.48. The van der Waals surface area contributed by atoms with E-state index < -0.39 is 10.0 Å². The van der Waals surface area contributed by atoms with E-state index in [1.165, 1.54) is 4.31 Å². The number of fused-ring (bicyclic) bond motifs is 2. The molecular weight excluding hydrogens is 450 g/mol. The molecule has 0 radical (unpaired) electrons. The van der Waals surface area contributed by atoms with Gasteiger partial charge in [0.1, 0.15) is 5.15 Å². The molecule has 3 aromatic rings. The van der Waals surface area contributed by atoms with E-state index in [0.29, 0.717) is 62.6 Å². The van der Waals surface area contributed by atoms with Gasteiger partial charge in [0.2, 0.25) is 10.0 Å². The van der Waals surface area contributed by atoms with Crippen LogP contribution in [0.5, 0.6) is 11.5 Å². The zero-order chi connectivity index (χ0) is 22.1. The van der Waals surface area contributed by atoms with Gasteiger partial charge in [0.05, 0.1) is 23.6 Å². The first-order valence-corrected chi connectivity index (χ1v) is 12.5. The predicted octanol–water partition coefficient (Wildman–Crippen LogP) is 3.56. The second kappa shape index (κ2) is 8.86. The fourth-order valence-electron chi connectivity index (χ4n) is 4.07. The molecule has 0 spiro atoms. The summed E-state index contributed by atoms with van der Waals surface area (Å²) in [6.45, 7) is 3.78. The average Bonchev–Trinajstić information content (AvgIpc) is 3.05. The highest BCUT2D eigenvalue weighted by Crippen LogP contribution is 2.33. The Morgan fingerprint density at radius 1 is 0.938 bits per heavy atom. The molecule has 32 heavy (non-hydrogen) atoms. The molecule has 2 aromatic carbocycles. The maximum Gasteiger partial charge on any atom is 0.243 e. The highest BCUT2D eigenvalue weighted by atomic mass is 35.5. The normalized spacial score (nSPS) is 17.9. The van der Waals surface area contributed by atoms with Gasteiger partial charge < -0.3 is 9.47 Å². The van der Waals surface area contributed by atoms with Gasteiger partial charge in [-0.2, -0.15) is 4.31 Å². The number of rotatable bonds is 4. The van der Waals surface area contributed by atoms with Crippen molar-refractivity contribution in [3.63, 3.8) is 0 Å². The van der Waals surface area contributed by atoms with E-state index in [4.69, 9.17) is 21.1 Å². The van der Waals surface area contributed by atoms with Gasteiger partial charge in [-0.05, 0) is 24.3 Å². The molecule has 1 fully saturated rings. The van der Waals surface area contributed by atoms with Crippen molar-refractivity contribution in [2.24, 2.45) is 0 Å². The molecule has 1 saturated heterocycles. The summed E-state index contributed by atoms with van der Waals surface area (Å²) in [6.07, 6.45) is 0.773. The van der Waals surface area contributed by atoms with E-state index in [1.807, 2.05) is 24.3 Å². The number of aromatic nitrogens is 1. The van der Waals surface area contributed by atoms with Crippen LogP contribution in [0, 0.1) is 0 Å². The van der Waals surface area contributed by atoms with Crippen LogP contribution in [0.1, 0.15) is 12.0 Å². The summed E-state index contributed by atoms with van der Waals surface area (Å²) in [4.78, 5) is 6.93. The lowest BCUT2D eigenvalue weighted by Gasteiger charge is -2.34. The summed E-state index contributed by atoms with van der Waals surface area (Å²) >= 11 is 6.41. The number of hydrogen-bond donors (Lipinski definition) is 0. The van der Waals surface area contributed by atoms with Crippen molar-refractivity contribution in [3.8, 4) is 11.5 Å². The molecule has 2 aliphatic heterocycles. The van der Waals surface area contributed by atoms with Crippen LogP contribution in [-0.4, -0.2) is 62.0 Å². The van der Waals surface area contributed by atoms with Gasteiger partial charge in [0.15, 0.2) is 11.5 Å². The monoisotopic (exact) mass is 473 g/mol. The molecule has 2 aliphatic rings. The minimum absolute atomic E-state index is 0.233. The number of halogens is 1. The largest absolute Gasteiger partial charge is 0.490 e. The average molecular weight is 474 g/mol. The number of hydrogen-bond acceptors (Lipinski definition) is 6. The number of sulfonamides is 1. The third kappa shape index (κ3) is 4.28. The van der Waals surface area contributed by atoms with Gasteiger partial charge >= 0.3 is 0 Å². The summed E-state index contributed by atoms with van der Waals surface area (Å²) in [5, 5.41) is 1.54. The Balaban J connectivity index is 1.27. The molecular formula is C23H24ClN3O4S. The minimum Gasteiger partial charge on any atom is -0.490 e. The highest BCUT2D eigenvalue weighted by molar-refractivity contribution is 7.89. The first-order chi connectivity index (χ1) is 15.5. The Morgan fingerprint density at radius 2 is 1.69 bits per heavy atom. The second-order valence-corrected chi connectivity index (χ2v) is 10.3. The Hall–Kier alpha value is -2.39. The molecule has 0 atom stereocenters. The Labute approximate surface area is 192 Å². The third-order valence-electron chi connectivity index (χ3n) is 5.83. The summed E-state index contributed by atoms with van der Waals surface area (Å²) in [5.74, 6) is 1.08. The number of nitrogens with zero attached hydrogens (tertiary/aromatic N) is 3. The Morgan fingerprint density at radius 3 is 2.50 bits per heavy atom. The van der Waals surface area contributed by atoms with Crippen LogP contribution < -0.4 is 9.47 Å². The van der Waals surface area contributed by atoms with Gasteiger partial charge in [-0.25, -0.2) is 13.4 Å². The van der Waals surface area contributed by atoms with Crippen LogP contribution in [0.3, 0.4) is 0 Å². The molecule has 9 heteroatoms. The van der Waals surface area contributed by atoms with E-state index in [1.54, 1.807) is 18.2 Å². The summed E-state index contributed by atoms with van der Waals surface area (Å²) < 4.78 is 39.2. The summed E-state index contributed by atoms with van der Waals surface area (Å²) in [5.41, 5.74) is 1.82. The molecule has 5 rings (SSSR count). The molecule has 7 nitrogen and oxygen atoms in total. The van der Waals surface area contributed by atoms with Crippen molar-refractivity contribution in [1.82, 2.24) is 14.2 Å². The lowest BCUT2D eigenvalue weighted by molar-refractivity contribution is 0.181. The van der Waals surface area contributed by atoms with E-state index >= 15 is 0 Å². The smallest absolute Gasteiger partial charge is 0.243 e. The van der Waals surface area contributed by atoms with Crippen LogP contribution in [0.25, 0.3) is 10.9 Å².